The zero-order valence-corrected chi connectivity index (χ0v) is 19.9. The molecule has 0 bridgehead atoms. The SMILES string of the molecule is O=C(c1ccc(-c2cccc(OCCN3CCC(c4ccccc4)CC3)c2)cc1)N1CCCC1. The Morgan fingerprint density at radius 1 is 0.794 bits per heavy atom. The fraction of sp³-hybridized carbons (Fsp3) is 0.367. The van der Waals surface area contributed by atoms with Gasteiger partial charge in [-0.2, -0.15) is 0 Å². The molecule has 176 valence electrons. The van der Waals surface area contributed by atoms with Crippen LogP contribution in [0.5, 0.6) is 5.75 Å². The van der Waals surface area contributed by atoms with Gasteiger partial charge in [0.1, 0.15) is 12.4 Å². The lowest BCUT2D eigenvalue weighted by molar-refractivity contribution is 0.0793. The van der Waals surface area contributed by atoms with Gasteiger partial charge in [-0.1, -0.05) is 54.6 Å². The molecule has 0 aromatic heterocycles. The summed E-state index contributed by atoms with van der Waals surface area (Å²) in [5.74, 6) is 1.73. The fourth-order valence-electron chi connectivity index (χ4n) is 5.18. The van der Waals surface area contributed by atoms with Gasteiger partial charge in [0, 0.05) is 25.2 Å². The Kier molecular flexibility index (Phi) is 7.25. The van der Waals surface area contributed by atoms with E-state index in [9.17, 15) is 4.79 Å². The summed E-state index contributed by atoms with van der Waals surface area (Å²) in [5.41, 5.74) is 4.46. The third-order valence-electron chi connectivity index (χ3n) is 7.23. The number of piperidine rings is 1. The van der Waals surface area contributed by atoms with Gasteiger partial charge in [0.05, 0.1) is 0 Å². The highest BCUT2D eigenvalue weighted by atomic mass is 16.5. The van der Waals surface area contributed by atoms with Crippen LogP contribution in [0.2, 0.25) is 0 Å². The fourth-order valence-corrected chi connectivity index (χ4v) is 5.18. The number of benzene rings is 3. The van der Waals surface area contributed by atoms with E-state index in [1.807, 2.05) is 41.3 Å². The Hall–Kier alpha value is -3.11. The number of hydrogen-bond acceptors (Lipinski definition) is 3. The molecule has 0 saturated carbocycles. The molecule has 2 saturated heterocycles. The predicted molar refractivity (Wildman–Crippen MR) is 137 cm³/mol. The van der Waals surface area contributed by atoms with Crippen molar-refractivity contribution in [2.75, 3.05) is 39.3 Å². The molecule has 2 aliphatic rings. The molecule has 34 heavy (non-hydrogen) atoms. The number of carbonyl (C=O) groups excluding carboxylic acids is 1. The molecule has 4 heteroatoms. The standard InChI is InChI=1S/C30H34N2O2/c33-30(32-17-4-5-18-32)27-13-11-25(12-14-27)28-9-6-10-29(23-28)34-22-21-31-19-15-26(16-20-31)24-7-2-1-3-8-24/h1-3,6-14,23,26H,4-5,15-22H2. The first kappa shape index (κ1) is 22.7. The third kappa shape index (κ3) is 5.51. The monoisotopic (exact) mass is 454 g/mol. The van der Waals surface area contributed by atoms with E-state index < -0.39 is 0 Å². The molecular formula is C30H34N2O2. The quantitative estimate of drug-likeness (QED) is 0.449. The largest absolute Gasteiger partial charge is 0.492 e. The van der Waals surface area contributed by atoms with Crippen molar-refractivity contribution in [1.29, 1.82) is 0 Å². The molecule has 5 rings (SSSR count). The predicted octanol–water partition coefficient (Wildman–Crippen LogP) is 5.85. The Labute approximate surface area is 203 Å². The lowest BCUT2D eigenvalue weighted by atomic mass is 9.89. The van der Waals surface area contributed by atoms with Gasteiger partial charge in [0.2, 0.25) is 0 Å². The van der Waals surface area contributed by atoms with Gasteiger partial charge in [-0.15, -0.1) is 0 Å². The number of hydrogen-bond donors (Lipinski definition) is 0. The molecule has 4 nitrogen and oxygen atoms in total. The summed E-state index contributed by atoms with van der Waals surface area (Å²) in [6.45, 7) is 5.68. The molecule has 2 fully saturated rings. The summed E-state index contributed by atoms with van der Waals surface area (Å²) in [5, 5.41) is 0. The molecule has 1 amide bonds. The van der Waals surface area contributed by atoms with Crippen molar-refractivity contribution >= 4 is 5.91 Å². The summed E-state index contributed by atoms with van der Waals surface area (Å²) >= 11 is 0. The highest BCUT2D eigenvalue weighted by Crippen LogP contribution is 2.28. The highest BCUT2D eigenvalue weighted by molar-refractivity contribution is 5.94. The zero-order chi connectivity index (χ0) is 23.2. The molecule has 3 aromatic rings. The lowest BCUT2D eigenvalue weighted by Crippen LogP contribution is -2.35. The maximum atomic E-state index is 12.6. The molecule has 0 radical (unpaired) electrons. The first-order valence-corrected chi connectivity index (χ1v) is 12.7. The van der Waals surface area contributed by atoms with E-state index in [1.54, 1.807) is 0 Å². The van der Waals surface area contributed by atoms with E-state index in [0.717, 1.165) is 68.0 Å². The lowest BCUT2D eigenvalue weighted by Gasteiger charge is -2.32. The molecular weight excluding hydrogens is 420 g/mol. The van der Waals surface area contributed by atoms with Gasteiger partial charge < -0.3 is 9.64 Å². The number of nitrogens with zero attached hydrogens (tertiary/aromatic N) is 2. The van der Waals surface area contributed by atoms with Crippen LogP contribution in [0.1, 0.15) is 47.5 Å². The Morgan fingerprint density at radius 3 is 2.26 bits per heavy atom. The summed E-state index contributed by atoms with van der Waals surface area (Å²) in [4.78, 5) is 17.1. The summed E-state index contributed by atoms with van der Waals surface area (Å²) in [6.07, 6.45) is 4.66. The van der Waals surface area contributed by atoms with Gasteiger partial charge in [0.25, 0.3) is 5.91 Å². The average Bonchev–Trinajstić information content (AvgIpc) is 3.45. The van der Waals surface area contributed by atoms with Crippen molar-refractivity contribution in [3.63, 3.8) is 0 Å². The Morgan fingerprint density at radius 2 is 1.53 bits per heavy atom. The molecule has 0 spiro atoms. The molecule has 0 atom stereocenters. The number of ether oxygens (including phenoxy) is 1. The van der Waals surface area contributed by atoms with Gasteiger partial charge in [-0.3, -0.25) is 9.69 Å². The molecule has 2 heterocycles. The third-order valence-corrected chi connectivity index (χ3v) is 7.23. The maximum absolute atomic E-state index is 12.6. The first-order chi connectivity index (χ1) is 16.8. The van der Waals surface area contributed by atoms with Crippen molar-refractivity contribution in [3.8, 4) is 16.9 Å². The van der Waals surface area contributed by atoms with Crippen molar-refractivity contribution in [3.05, 3.63) is 90.0 Å². The van der Waals surface area contributed by atoms with Crippen molar-refractivity contribution in [1.82, 2.24) is 9.80 Å². The smallest absolute Gasteiger partial charge is 0.253 e. The van der Waals surface area contributed by atoms with Crippen LogP contribution in [0, 0.1) is 0 Å². The number of likely N-dealkylation sites (tertiary alicyclic amines) is 2. The molecule has 0 aliphatic carbocycles. The summed E-state index contributed by atoms with van der Waals surface area (Å²) in [7, 11) is 0. The maximum Gasteiger partial charge on any atom is 0.253 e. The minimum atomic E-state index is 0.147. The van der Waals surface area contributed by atoms with Crippen LogP contribution in [0.15, 0.2) is 78.9 Å². The second-order valence-electron chi connectivity index (χ2n) is 9.48. The topological polar surface area (TPSA) is 32.8 Å². The van der Waals surface area contributed by atoms with Crippen LogP contribution >= 0.6 is 0 Å². The summed E-state index contributed by atoms with van der Waals surface area (Å²) < 4.78 is 6.11. The van der Waals surface area contributed by atoms with Gasteiger partial charge >= 0.3 is 0 Å². The van der Waals surface area contributed by atoms with E-state index in [2.05, 4.69) is 47.4 Å². The Bertz CT molecular complexity index is 1070. The average molecular weight is 455 g/mol. The second kappa shape index (κ2) is 10.9. The van der Waals surface area contributed by atoms with Gasteiger partial charge in [-0.05, 0) is 85.6 Å². The second-order valence-corrected chi connectivity index (χ2v) is 9.48. The number of rotatable bonds is 7. The van der Waals surface area contributed by atoms with Crippen LogP contribution in [-0.4, -0.2) is 55.0 Å². The van der Waals surface area contributed by atoms with E-state index in [0.29, 0.717) is 12.5 Å². The van der Waals surface area contributed by atoms with Crippen LogP contribution in [0.3, 0.4) is 0 Å². The number of amides is 1. The first-order valence-electron chi connectivity index (χ1n) is 12.7. The Balaban J connectivity index is 1.11. The molecule has 3 aromatic carbocycles. The van der Waals surface area contributed by atoms with Gasteiger partial charge in [0.15, 0.2) is 0 Å². The van der Waals surface area contributed by atoms with Crippen LogP contribution in [0.4, 0.5) is 0 Å². The van der Waals surface area contributed by atoms with Crippen molar-refractivity contribution in [2.45, 2.75) is 31.6 Å². The van der Waals surface area contributed by atoms with Gasteiger partial charge in [-0.25, -0.2) is 0 Å². The minimum Gasteiger partial charge on any atom is -0.492 e. The van der Waals surface area contributed by atoms with Crippen LogP contribution < -0.4 is 4.74 Å². The van der Waals surface area contributed by atoms with E-state index >= 15 is 0 Å². The normalized spacial score (nSPS) is 17.1. The molecule has 0 unspecified atom stereocenters. The van der Waals surface area contributed by atoms with Crippen molar-refractivity contribution < 1.29 is 9.53 Å². The van der Waals surface area contributed by atoms with E-state index in [4.69, 9.17) is 4.74 Å². The number of carbonyl (C=O) groups is 1. The van der Waals surface area contributed by atoms with Crippen LogP contribution in [-0.2, 0) is 0 Å². The summed E-state index contributed by atoms with van der Waals surface area (Å²) in [6, 6.07) is 27.1. The van der Waals surface area contributed by atoms with E-state index in [-0.39, 0.29) is 5.91 Å². The highest BCUT2D eigenvalue weighted by Gasteiger charge is 2.21. The van der Waals surface area contributed by atoms with E-state index in [1.165, 1.54) is 18.4 Å². The van der Waals surface area contributed by atoms with Crippen molar-refractivity contribution in [2.24, 2.45) is 0 Å². The zero-order valence-electron chi connectivity index (χ0n) is 19.9. The van der Waals surface area contributed by atoms with Crippen LogP contribution in [0.25, 0.3) is 11.1 Å². The molecule has 2 aliphatic heterocycles. The minimum absolute atomic E-state index is 0.147. The molecule has 0 N–H and O–H groups in total.